The monoisotopic (exact) mass is 322 g/mol. The van der Waals surface area contributed by atoms with Crippen molar-refractivity contribution in [2.45, 2.75) is 96.8 Å². The molecule has 2 saturated carbocycles. The average Bonchev–Trinajstić information content (AvgIpc) is 3.45. The van der Waals surface area contributed by atoms with Gasteiger partial charge >= 0.3 is 5.97 Å². The van der Waals surface area contributed by atoms with Crippen LogP contribution >= 0.6 is 0 Å². The predicted molar refractivity (Wildman–Crippen MR) is 96.3 cm³/mol. The lowest BCUT2D eigenvalue weighted by Crippen LogP contribution is -1.99. The van der Waals surface area contributed by atoms with Gasteiger partial charge in [-0.3, -0.25) is 4.79 Å². The summed E-state index contributed by atoms with van der Waals surface area (Å²) in [5.74, 6) is 4.38. The third-order valence-electron chi connectivity index (χ3n) is 6.12. The van der Waals surface area contributed by atoms with Crippen molar-refractivity contribution in [3.8, 4) is 0 Å². The number of hydrogen-bond acceptors (Lipinski definition) is 2. The van der Waals surface area contributed by atoms with Crippen LogP contribution in [0.4, 0.5) is 0 Å². The maximum absolute atomic E-state index is 11.0. The van der Waals surface area contributed by atoms with Gasteiger partial charge in [-0.2, -0.15) is 0 Å². The van der Waals surface area contributed by atoms with E-state index in [4.69, 9.17) is 0 Å². The second kappa shape index (κ2) is 10.4. The third-order valence-corrected chi connectivity index (χ3v) is 6.12. The number of rotatable bonds is 14. The molecule has 0 spiro atoms. The van der Waals surface area contributed by atoms with Crippen LogP contribution in [-0.4, -0.2) is 13.1 Å². The van der Waals surface area contributed by atoms with Crippen molar-refractivity contribution in [1.82, 2.24) is 0 Å². The summed E-state index contributed by atoms with van der Waals surface area (Å²) in [7, 11) is 1.48. The topological polar surface area (TPSA) is 26.3 Å². The van der Waals surface area contributed by atoms with E-state index in [0.717, 1.165) is 30.1 Å². The Bertz CT molecular complexity index is 339. The summed E-state index contributed by atoms with van der Waals surface area (Å²) in [4.78, 5) is 11.0. The first-order valence-corrected chi connectivity index (χ1v) is 10.3. The van der Waals surface area contributed by atoms with E-state index >= 15 is 0 Å². The molecule has 0 aromatic carbocycles. The maximum atomic E-state index is 11.0. The number of unbranched alkanes of at least 4 members (excludes halogenated alkanes) is 7. The molecule has 0 aromatic rings. The summed E-state index contributed by atoms with van der Waals surface area (Å²) in [6.07, 6.45) is 18.7. The molecule has 0 amide bonds. The second-order valence-electron chi connectivity index (χ2n) is 8.05. The van der Waals surface area contributed by atoms with E-state index in [0.29, 0.717) is 6.42 Å². The van der Waals surface area contributed by atoms with Gasteiger partial charge in [-0.1, -0.05) is 71.1 Å². The van der Waals surface area contributed by atoms with Gasteiger partial charge in [0.15, 0.2) is 0 Å². The Morgan fingerprint density at radius 1 is 0.826 bits per heavy atom. The number of ether oxygens (including phenoxy) is 1. The molecule has 0 aromatic heterocycles. The summed E-state index contributed by atoms with van der Waals surface area (Å²) in [6.45, 7) is 2.30. The zero-order chi connectivity index (χ0) is 16.5. The highest BCUT2D eigenvalue weighted by atomic mass is 16.5. The molecule has 2 heteroatoms. The van der Waals surface area contributed by atoms with Gasteiger partial charge in [0.1, 0.15) is 0 Å². The van der Waals surface area contributed by atoms with Crippen LogP contribution < -0.4 is 0 Å². The molecule has 0 aliphatic heterocycles. The van der Waals surface area contributed by atoms with Crippen LogP contribution in [-0.2, 0) is 9.53 Å². The molecule has 0 N–H and O–H groups in total. The van der Waals surface area contributed by atoms with Crippen molar-refractivity contribution in [3.05, 3.63) is 0 Å². The van der Waals surface area contributed by atoms with Crippen molar-refractivity contribution >= 4 is 5.97 Å². The van der Waals surface area contributed by atoms with Gasteiger partial charge in [0, 0.05) is 6.42 Å². The first-order valence-electron chi connectivity index (χ1n) is 10.3. The van der Waals surface area contributed by atoms with Crippen molar-refractivity contribution in [3.63, 3.8) is 0 Å². The van der Waals surface area contributed by atoms with Crippen LogP contribution in [0.2, 0.25) is 0 Å². The summed E-state index contributed by atoms with van der Waals surface area (Å²) < 4.78 is 4.66. The maximum Gasteiger partial charge on any atom is 0.305 e. The van der Waals surface area contributed by atoms with E-state index in [1.54, 1.807) is 12.8 Å². The van der Waals surface area contributed by atoms with E-state index in [-0.39, 0.29) is 5.97 Å². The highest BCUT2D eigenvalue weighted by Gasteiger charge is 2.52. The molecule has 4 atom stereocenters. The Morgan fingerprint density at radius 3 is 1.91 bits per heavy atom. The largest absolute Gasteiger partial charge is 0.469 e. The SMILES string of the molecule is CCCCCCC1CC1C1CC1CCCCCCCC(=O)OC. The lowest BCUT2D eigenvalue weighted by atomic mass is 10.0. The minimum atomic E-state index is -0.0560. The quantitative estimate of drug-likeness (QED) is 0.284. The fourth-order valence-corrected chi connectivity index (χ4v) is 4.40. The molecule has 0 heterocycles. The first kappa shape index (κ1) is 18.8. The zero-order valence-electron chi connectivity index (χ0n) is 15.5. The second-order valence-corrected chi connectivity index (χ2v) is 8.05. The van der Waals surface area contributed by atoms with Crippen LogP contribution in [0, 0.1) is 23.7 Å². The fourth-order valence-electron chi connectivity index (χ4n) is 4.40. The molecule has 0 radical (unpaired) electrons. The van der Waals surface area contributed by atoms with Gasteiger partial charge in [0.25, 0.3) is 0 Å². The predicted octanol–water partition coefficient (Wildman–Crippen LogP) is 6.13. The van der Waals surface area contributed by atoms with Crippen LogP contribution in [0.15, 0.2) is 0 Å². The van der Waals surface area contributed by atoms with E-state index in [1.807, 2.05) is 0 Å². The van der Waals surface area contributed by atoms with Crippen molar-refractivity contribution in [2.75, 3.05) is 7.11 Å². The molecular formula is C21H38O2. The normalized spacial score (nSPS) is 28.6. The third kappa shape index (κ3) is 7.27. The molecule has 2 aliphatic rings. The summed E-state index contributed by atoms with van der Waals surface area (Å²) in [6, 6.07) is 0. The van der Waals surface area contributed by atoms with Crippen molar-refractivity contribution in [1.29, 1.82) is 0 Å². The summed E-state index contributed by atoms with van der Waals surface area (Å²) in [5.41, 5.74) is 0. The van der Waals surface area contributed by atoms with Gasteiger partial charge in [-0.05, 0) is 42.9 Å². The zero-order valence-corrected chi connectivity index (χ0v) is 15.5. The highest BCUT2D eigenvalue weighted by Crippen LogP contribution is 2.60. The van der Waals surface area contributed by atoms with Crippen molar-refractivity contribution in [2.24, 2.45) is 23.7 Å². The molecule has 4 unspecified atom stereocenters. The van der Waals surface area contributed by atoms with E-state index in [1.165, 1.54) is 71.3 Å². The molecular weight excluding hydrogens is 284 g/mol. The lowest BCUT2D eigenvalue weighted by Gasteiger charge is -2.02. The summed E-state index contributed by atoms with van der Waals surface area (Å²) >= 11 is 0. The van der Waals surface area contributed by atoms with Crippen LogP contribution in [0.5, 0.6) is 0 Å². The molecule has 23 heavy (non-hydrogen) atoms. The van der Waals surface area contributed by atoms with E-state index in [9.17, 15) is 4.79 Å². The van der Waals surface area contributed by atoms with Gasteiger partial charge in [-0.25, -0.2) is 0 Å². The summed E-state index contributed by atoms with van der Waals surface area (Å²) in [5, 5.41) is 0. The van der Waals surface area contributed by atoms with Gasteiger partial charge in [0.05, 0.1) is 7.11 Å². The number of hydrogen-bond donors (Lipinski definition) is 0. The van der Waals surface area contributed by atoms with E-state index < -0.39 is 0 Å². The minimum absolute atomic E-state index is 0.0560. The Labute approximate surface area is 143 Å². The van der Waals surface area contributed by atoms with Gasteiger partial charge < -0.3 is 4.74 Å². The van der Waals surface area contributed by atoms with E-state index in [2.05, 4.69) is 11.7 Å². The van der Waals surface area contributed by atoms with Crippen LogP contribution in [0.1, 0.15) is 96.8 Å². The molecule has 2 rings (SSSR count). The van der Waals surface area contributed by atoms with Gasteiger partial charge in [-0.15, -0.1) is 0 Å². The molecule has 0 bridgehead atoms. The Hall–Kier alpha value is -0.530. The highest BCUT2D eigenvalue weighted by molar-refractivity contribution is 5.68. The number of methoxy groups -OCH3 is 1. The Balaban J connectivity index is 1.37. The standard InChI is InChI=1S/C21H38O2/c1-3-4-5-9-12-17-15-19(17)20-16-18(20)13-10-7-6-8-11-14-21(22)23-2/h17-20H,3-16H2,1-2H3. The minimum Gasteiger partial charge on any atom is -0.469 e. The molecule has 0 saturated heterocycles. The number of esters is 1. The number of carbonyl (C=O) groups excluding carboxylic acids is 1. The van der Waals surface area contributed by atoms with Crippen LogP contribution in [0.25, 0.3) is 0 Å². The smallest absolute Gasteiger partial charge is 0.305 e. The Morgan fingerprint density at radius 2 is 1.35 bits per heavy atom. The van der Waals surface area contributed by atoms with Gasteiger partial charge in [0.2, 0.25) is 0 Å². The number of carbonyl (C=O) groups is 1. The molecule has 2 fully saturated rings. The average molecular weight is 323 g/mol. The Kier molecular flexibility index (Phi) is 8.47. The fraction of sp³-hybridized carbons (Fsp3) is 0.952. The molecule has 2 aliphatic carbocycles. The molecule has 2 nitrogen and oxygen atoms in total. The van der Waals surface area contributed by atoms with Crippen molar-refractivity contribution < 1.29 is 9.53 Å². The first-order chi connectivity index (χ1) is 11.3. The van der Waals surface area contributed by atoms with Crippen LogP contribution in [0.3, 0.4) is 0 Å². The lowest BCUT2D eigenvalue weighted by molar-refractivity contribution is -0.140. The molecule has 134 valence electrons.